The van der Waals surface area contributed by atoms with Crippen LogP contribution in [0.2, 0.25) is 0 Å². The number of allylic oxidation sites excluding steroid dienone is 1. The summed E-state index contributed by atoms with van der Waals surface area (Å²) >= 11 is 0. The molecule has 0 aromatic heterocycles. The molecule has 0 aliphatic heterocycles. The first-order chi connectivity index (χ1) is 14.8. The van der Waals surface area contributed by atoms with E-state index in [-0.39, 0.29) is 29.5 Å². The normalized spacial score (nSPS) is 41.2. The van der Waals surface area contributed by atoms with Crippen LogP contribution < -0.4 is 0 Å². The summed E-state index contributed by atoms with van der Waals surface area (Å²) in [7, 11) is -3.88. The molecule has 10 heteroatoms. The first-order valence-corrected chi connectivity index (χ1v) is 13.1. The van der Waals surface area contributed by atoms with Crippen molar-refractivity contribution in [3.63, 3.8) is 0 Å². The van der Waals surface area contributed by atoms with Gasteiger partial charge in [-0.15, -0.1) is 10.1 Å². The number of carbonyl (C=O) groups excluding carboxylic acids is 2. The van der Waals surface area contributed by atoms with Crippen LogP contribution in [0.5, 0.6) is 0 Å². The highest BCUT2D eigenvalue weighted by molar-refractivity contribution is 7.86. The minimum atomic E-state index is -3.88. The average Bonchev–Trinajstić information content (AvgIpc) is 2.99. The molecule has 9 nitrogen and oxygen atoms in total. The van der Waals surface area contributed by atoms with Gasteiger partial charge in [0.1, 0.15) is 6.61 Å². The van der Waals surface area contributed by atoms with Gasteiger partial charge in [-0.2, -0.15) is 8.42 Å². The van der Waals surface area contributed by atoms with Gasteiger partial charge in [0.05, 0.1) is 6.26 Å². The first-order valence-electron chi connectivity index (χ1n) is 11.3. The van der Waals surface area contributed by atoms with Crippen LogP contribution in [0.4, 0.5) is 0 Å². The monoisotopic (exact) mass is 469 g/mol. The average molecular weight is 470 g/mol. The molecule has 178 valence electrons. The van der Waals surface area contributed by atoms with Gasteiger partial charge in [-0.05, 0) is 74.2 Å². The van der Waals surface area contributed by atoms with Gasteiger partial charge in [-0.3, -0.25) is 18.6 Å². The van der Waals surface area contributed by atoms with Gasteiger partial charge >= 0.3 is 0 Å². The van der Waals surface area contributed by atoms with Crippen LogP contribution in [0.1, 0.15) is 65.2 Å². The summed E-state index contributed by atoms with van der Waals surface area (Å²) in [6.07, 6.45) is 7.85. The Labute approximate surface area is 188 Å². The number of hydrogen-bond acceptors (Lipinski definition) is 8. The molecule has 3 fully saturated rings. The molecule has 4 aliphatic carbocycles. The van der Waals surface area contributed by atoms with Crippen LogP contribution in [0.15, 0.2) is 11.6 Å². The molecule has 0 amide bonds. The molecule has 0 saturated heterocycles. The Bertz CT molecular complexity index is 990. The molecule has 0 aromatic rings. The van der Waals surface area contributed by atoms with Gasteiger partial charge in [0.25, 0.3) is 15.2 Å². The molecule has 0 spiro atoms. The maximum Gasteiger partial charge on any atom is 0.295 e. The van der Waals surface area contributed by atoms with Gasteiger partial charge in [0.15, 0.2) is 17.2 Å². The van der Waals surface area contributed by atoms with Gasteiger partial charge < -0.3 is 0 Å². The van der Waals surface area contributed by atoms with Crippen molar-refractivity contribution < 1.29 is 32.1 Å². The molecule has 0 radical (unpaired) electrons. The van der Waals surface area contributed by atoms with E-state index in [0.717, 1.165) is 31.9 Å². The largest absolute Gasteiger partial charge is 0.299 e. The quantitative estimate of drug-likeness (QED) is 0.330. The minimum absolute atomic E-state index is 0.0411. The second kappa shape index (κ2) is 7.62. The number of fused-ring (bicyclic) bond motifs is 5. The van der Waals surface area contributed by atoms with E-state index in [1.807, 2.05) is 13.0 Å². The van der Waals surface area contributed by atoms with Crippen LogP contribution in [0.3, 0.4) is 0 Å². The van der Waals surface area contributed by atoms with Crippen LogP contribution in [0.25, 0.3) is 0 Å². The van der Waals surface area contributed by atoms with Gasteiger partial charge in [-0.1, -0.05) is 19.4 Å². The maximum atomic E-state index is 13.2. The van der Waals surface area contributed by atoms with E-state index in [2.05, 4.69) is 6.92 Å². The SMILES string of the molecule is C[C@]12CCC(=O)C=C1CC[C@@H]1[C@@H]2CC[C@@]2(C)[C@H]1CC[C@]2(O[N+](=O)[O-])C(=O)COS(C)(=O)=O. The van der Waals surface area contributed by atoms with Gasteiger partial charge in [-0.25, -0.2) is 0 Å². The summed E-state index contributed by atoms with van der Waals surface area (Å²) in [5, 5.41) is 10.5. The van der Waals surface area contributed by atoms with Crippen LogP contribution >= 0.6 is 0 Å². The van der Waals surface area contributed by atoms with E-state index in [1.54, 1.807) is 0 Å². The smallest absolute Gasteiger partial charge is 0.295 e. The number of Topliss-reactive ketones (excluding diaryl/α,β-unsaturated/α-hetero) is 1. The summed E-state index contributed by atoms with van der Waals surface area (Å²) in [6, 6.07) is 0. The lowest BCUT2D eigenvalue weighted by molar-refractivity contribution is -0.780. The van der Waals surface area contributed by atoms with E-state index in [0.29, 0.717) is 25.2 Å². The third-order valence-electron chi connectivity index (χ3n) is 9.17. The molecule has 0 bridgehead atoms. The number of carbonyl (C=O) groups is 2. The van der Waals surface area contributed by atoms with Crippen LogP contribution in [-0.4, -0.2) is 43.5 Å². The van der Waals surface area contributed by atoms with Crippen molar-refractivity contribution in [1.29, 1.82) is 0 Å². The number of rotatable bonds is 6. The van der Waals surface area contributed by atoms with Gasteiger partial charge in [0, 0.05) is 11.8 Å². The van der Waals surface area contributed by atoms with Crippen molar-refractivity contribution in [3.8, 4) is 0 Å². The molecule has 0 heterocycles. The lowest BCUT2D eigenvalue weighted by Crippen LogP contribution is -2.60. The fourth-order valence-electron chi connectivity index (χ4n) is 7.62. The van der Waals surface area contributed by atoms with Crippen molar-refractivity contribution >= 4 is 21.7 Å². The Morgan fingerprint density at radius 2 is 1.84 bits per heavy atom. The summed E-state index contributed by atoms with van der Waals surface area (Å²) in [5.41, 5.74) is -1.34. The predicted octanol–water partition coefficient (Wildman–Crippen LogP) is 3.01. The Hall–Kier alpha value is -1.81. The number of nitrogens with zero attached hydrogens (tertiary/aromatic N) is 1. The molecular weight excluding hydrogens is 438 g/mol. The Morgan fingerprint density at radius 1 is 1.16 bits per heavy atom. The summed E-state index contributed by atoms with van der Waals surface area (Å²) < 4.78 is 27.6. The molecular formula is C22H31NO8S. The summed E-state index contributed by atoms with van der Waals surface area (Å²) in [4.78, 5) is 41.9. The van der Waals surface area contributed by atoms with E-state index < -0.39 is 38.6 Å². The topological polar surface area (TPSA) is 130 Å². The minimum Gasteiger partial charge on any atom is -0.299 e. The molecule has 3 saturated carbocycles. The van der Waals surface area contributed by atoms with E-state index in [9.17, 15) is 28.1 Å². The third kappa shape index (κ3) is 3.50. The van der Waals surface area contributed by atoms with Crippen LogP contribution in [-0.2, 0) is 28.7 Å². The predicted molar refractivity (Wildman–Crippen MR) is 113 cm³/mol. The van der Waals surface area contributed by atoms with Crippen molar-refractivity contribution in [2.45, 2.75) is 70.8 Å². The van der Waals surface area contributed by atoms with E-state index >= 15 is 0 Å². The zero-order valence-corrected chi connectivity index (χ0v) is 19.6. The highest BCUT2D eigenvalue weighted by atomic mass is 32.2. The lowest BCUT2D eigenvalue weighted by Gasteiger charge is -2.59. The fourth-order valence-corrected chi connectivity index (χ4v) is 7.94. The van der Waals surface area contributed by atoms with Crippen molar-refractivity contribution in [2.24, 2.45) is 28.6 Å². The second-order valence-electron chi connectivity index (χ2n) is 10.5. The van der Waals surface area contributed by atoms with Crippen molar-refractivity contribution in [3.05, 3.63) is 21.8 Å². The molecule has 32 heavy (non-hydrogen) atoms. The Balaban J connectivity index is 1.67. The Kier molecular flexibility index (Phi) is 5.56. The number of hydrogen-bond donors (Lipinski definition) is 0. The van der Waals surface area contributed by atoms with Crippen LogP contribution in [0, 0.1) is 38.7 Å². The molecule has 4 aliphatic rings. The zero-order chi connectivity index (χ0) is 23.5. The molecule has 0 N–H and O–H groups in total. The Morgan fingerprint density at radius 3 is 2.50 bits per heavy atom. The molecule has 0 aromatic carbocycles. The maximum absolute atomic E-state index is 13.2. The summed E-state index contributed by atoms with van der Waals surface area (Å²) in [6.45, 7) is 3.36. The standard InChI is InChI=1S/C22H31NO8S/c1-20-9-6-15(24)12-14(20)4-5-16-17(20)7-10-21(2)18(16)8-11-22(21,31-23(26)27)19(25)13-30-32(3,28)29/h12,16-18H,4-11,13H2,1-3H3/t16-,17+,18+,20+,21+,22+/m1/s1. The lowest BCUT2D eigenvalue weighted by atomic mass is 9.46. The van der Waals surface area contributed by atoms with Crippen molar-refractivity contribution in [1.82, 2.24) is 0 Å². The molecule has 6 atom stereocenters. The first kappa shape index (κ1) is 23.4. The highest BCUT2D eigenvalue weighted by Gasteiger charge is 2.68. The highest BCUT2D eigenvalue weighted by Crippen LogP contribution is 2.68. The van der Waals surface area contributed by atoms with Crippen molar-refractivity contribution in [2.75, 3.05) is 12.9 Å². The summed E-state index contributed by atoms with van der Waals surface area (Å²) in [5.74, 6) is 0.160. The molecule has 0 unspecified atom stereocenters. The second-order valence-corrected chi connectivity index (χ2v) is 12.1. The fraction of sp³-hybridized carbons (Fsp3) is 0.818. The number of ketones is 2. The zero-order valence-electron chi connectivity index (χ0n) is 18.8. The third-order valence-corrected chi connectivity index (χ3v) is 9.71. The molecule has 4 rings (SSSR count). The van der Waals surface area contributed by atoms with Gasteiger partial charge in [0.2, 0.25) is 0 Å². The van der Waals surface area contributed by atoms with E-state index in [1.165, 1.54) is 5.57 Å². The van der Waals surface area contributed by atoms with E-state index in [4.69, 9.17) is 9.02 Å².